The zero-order chi connectivity index (χ0) is 8.32. The molecule has 0 unspecified atom stereocenters. The highest BCUT2D eigenvalue weighted by Gasteiger charge is 2.33. The summed E-state index contributed by atoms with van der Waals surface area (Å²) in [6, 6.07) is 0. The molecule has 0 aromatic carbocycles. The average molecular weight is 153 g/mol. The molecule has 0 aromatic heterocycles. The smallest absolute Gasteiger partial charge is 0.213 e. The molecule has 0 aromatic rings. The molecule has 4 heteroatoms. The van der Waals surface area contributed by atoms with Crippen molar-refractivity contribution >= 4 is 6.71 Å². The van der Waals surface area contributed by atoms with E-state index in [0.717, 1.165) is 0 Å². The lowest BCUT2D eigenvalue weighted by Gasteiger charge is -2.07. The van der Waals surface area contributed by atoms with E-state index in [-0.39, 0.29) is 0 Å². The van der Waals surface area contributed by atoms with Crippen molar-refractivity contribution in [2.75, 3.05) is 0 Å². The summed E-state index contributed by atoms with van der Waals surface area (Å²) in [6.07, 6.45) is 0.476. The van der Waals surface area contributed by atoms with Crippen molar-refractivity contribution in [3.8, 4) is 17.8 Å². The Morgan fingerprint density at radius 1 is 1.55 bits per heavy atom. The summed E-state index contributed by atoms with van der Waals surface area (Å²) >= 11 is 0. The van der Waals surface area contributed by atoms with Gasteiger partial charge in [-0.25, -0.2) is 5.26 Å². The van der Waals surface area contributed by atoms with Gasteiger partial charge in [-0.3, -0.25) is 0 Å². The molecule has 56 valence electrons. The van der Waals surface area contributed by atoms with Crippen LogP contribution in [-0.2, 0) is 0 Å². The van der Waals surface area contributed by atoms with Crippen LogP contribution in [-0.4, -0.2) is 12.6 Å². The van der Waals surface area contributed by atoms with E-state index in [0.29, 0.717) is 12.7 Å². The van der Waals surface area contributed by atoms with Crippen LogP contribution in [0.25, 0.3) is 0 Å². The molecule has 1 aliphatic rings. The van der Waals surface area contributed by atoms with E-state index in [1.165, 1.54) is 0 Å². The van der Waals surface area contributed by atoms with Crippen molar-refractivity contribution in [3.63, 3.8) is 0 Å². The van der Waals surface area contributed by atoms with E-state index in [2.05, 4.69) is 5.92 Å². The van der Waals surface area contributed by atoms with Crippen molar-refractivity contribution in [3.05, 3.63) is 0 Å². The third-order valence-electron chi connectivity index (χ3n) is 1.57. The molecule has 1 rings (SSSR count). The Morgan fingerprint density at radius 2 is 2.27 bits per heavy atom. The topological polar surface area (TPSA) is 23.8 Å². The first-order valence-electron chi connectivity index (χ1n) is 3.41. The third kappa shape index (κ3) is 2.24. The van der Waals surface area contributed by atoms with Crippen LogP contribution < -0.4 is 0 Å². The first-order valence-corrected chi connectivity index (χ1v) is 3.41. The minimum atomic E-state index is -2.95. The van der Waals surface area contributed by atoms with Crippen LogP contribution >= 0.6 is 0 Å². The summed E-state index contributed by atoms with van der Waals surface area (Å²) in [5.74, 6) is 3.09. The molecule has 0 N–H and O–H groups in total. The summed E-state index contributed by atoms with van der Waals surface area (Å²) < 4.78 is 25.2. The fourth-order valence-corrected chi connectivity index (χ4v) is 1.01. The number of alkyl halides is 2. The first kappa shape index (κ1) is 8.08. The van der Waals surface area contributed by atoms with Crippen LogP contribution in [0.2, 0.25) is 12.6 Å². The molecule has 0 aliphatic carbocycles. The van der Waals surface area contributed by atoms with E-state index in [1.807, 2.05) is 11.9 Å². The van der Waals surface area contributed by atoms with Crippen molar-refractivity contribution < 1.29 is 8.78 Å². The minimum Gasteiger partial charge on any atom is -0.213 e. The molecule has 0 fully saturated rings. The van der Waals surface area contributed by atoms with Crippen molar-refractivity contribution in [2.24, 2.45) is 0 Å². The van der Waals surface area contributed by atoms with E-state index < -0.39 is 19.0 Å². The quantitative estimate of drug-likeness (QED) is 0.382. The van der Waals surface area contributed by atoms with Gasteiger partial charge in [0.15, 0.2) is 0 Å². The molecular weight excluding hydrogens is 147 g/mol. The zero-order valence-electron chi connectivity index (χ0n) is 5.90. The molecule has 0 bridgehead atoms. The maximum absolute atomic E-state index is 12.6. The Bertz CT molecular complexity index is 245. The van der Waals surface area contributed by atoms with E-state index in [9.17, 15) is 8.78 Å². The van der Waals surface area contributed by atoms with Crippen LogP contribution in [0.15, 0.2) is 0 Å². The second-order valence-electron chi connectivity index (χ2n) is 2.58. The predicted octanol–water partition coefficient (Wildman–Crippen LogP) is 1.59. The van der Waals surface area contributed by atoms with Crippen LogP contribution in [0, 0.1) is 23.1 Å². The Morgan fingerprint density at radius 3 is 2.91 bits per heavy atom. The van der Waals surface area contributed by atoms with E-state index in [4.69, 9.17) is 5.26 Å². The number of nitriles is 1. The molecule has 0 atom stereocenters. The first-order chi connectivity index (χ1) is 5.14. The van der Waals surface area contributed by atoms with Crippen molar-refractivity contribution in [1.29, 1.82) is 5.26 Å². The molecule has 11 heavy (non-hydrogen) atoms. The number of rotatable bonds is 0. The van der Waals surface area contributed by atoms with Gasteiger partial charge in [0.2, 0.25) is 0 Å². The van der Waals surface area contributed by atoms with Gasteiger partial charge >= 0.3 is 5.92 Å². The highest BCUT2D eigenvalue weighted by molar-refractivity contribution is 6.67. The van der Waals surface area contributed by atoms with Crippen molar-refractivity contribution in [1.82, 2.24) is 0 Å². The number of hydrogen-bond acceptors (Lipinski definition) is 1. The summed E-state index contributed by atoms with van der Waals surface area (Å²) in [6.45, 7) is -0.549. The molecule has 0 radical (unpaired) electrons. The van der Waals surface area contributed by atoms with Crippen molar-refractivity contribution in [2.45, 2.75) is 25.0 Å². The largest absolute Gasteiger partial charge is 0.302 e. The summed E-state index contributed by atoms with van der Waals surface area (Å²) in [5, 5.41) is 8.41. The van der Waals surface area contributed by atoms with Gasteiger partial charge in [-0.1, -0.05) is 5.92 Å². The lowest BCUT2D eigenvalue weighted by Crippen LogP contribution is -2.21. The van der Waals surface area contributed by atoms with Gasteiger partial charge < -0.3 is 0 Å². The number of hydrogen-bond donors (Lipinski definition) is 0. The molecule has 0 saturated heterocycles. The van der Waals surface area contributed by atoms with Crippen LogP contribution in [0.4, 0.5) is 8.78 Å². The summed E-state index contributed by atoms with van der Waals surface area (Å²) in [5.41, 5.74) is 0. The van der Waals surface area contributed by atoms with Gasteiger partial charge in [0, 0.05) is 18.7 Å². The normalized spacial score (nSPS) is 21.0. The molecule has 0 amide bonds. The minimum absolute atomic E-state index is 0.406. The van der Waals surface area contributed by atoms with Gasteiger partial charge in [0.1, 0.15) is 0 Å². The van der Waals surface area contributed by atoms with Crippen LogP contribution in [0.3, 0.4) is 0 Å². The summed E-state index contributed by atoms with van der Waals surface area (Å²) in [7, 11) is 0. The van der Waals surface area contributed by atoms with Gasteiger partial charge in [-0.05, 0) is 12.2 Å². The van der Waals surface area contributed by atoms with Gasteiger partial charge in [-0.2, -0.15) is 8.78 Å². The second-order valence-corrected chi connectivity index (χ2v) is 2.58. The van der Waals surface area contributed by atoms with E-state index >= 15 is 0 Å². The SMILES string of the molecule is N#CB1CCC#CC(F)(F)C1. The maximum atomic E-state index is 12.6. The molecule has 1 nitrogen and oxygen atoms in total. The number of nitrogens with zero attached hydrogens (tertiary/aromatic N) is 1. The molecule has 1 aliphatic heterocycles. The molecular formula is C7H6BF2N. The van der Waals surface area contributed by atoms with E-state index in [1.54, 1.807) is 0 Å². The standard InChI is InChI=1S/C7H6BF2N/c9-7(10)3-1-2-4-8(5-7)6-11/h2,4-5H2. The third-order valence-corrected chi connectivity index (χ3v) is 1.57. The predicted molar refractivity (Wildman–Crippen MR) is 38.3 cm³/mol. The second kappa shape index (κ2) is 2.92. The Kier molecular flexibility index (Phi) is 2.15. The molecule has 1 heterocycles. The Labute approximate surface area is 64.5 Å². The van der Waals surface area contributed by atoms with Gasteiger partial charge in [0.05, 0.1) is 0 Å². The average Bonchev–Trinajstić information content (AvgIpc) is 2.10. The van der Waals surface area contributed by atoms with Crippen LogP contribution in [0.5, 0.6) is 0 Å². The lowest BCUT2D eigenvalue weighted by atomic mass is 9.45. The monoisotopic (exact) mass is 153 g/mol. The Balaban J connectivity index is 2.69. The zero-order valence-corrected chi connectivity index (χ0v) is 5.90. The maximum Gasteiger partial charge on any atom is 0.302 e. The van der Waals surface area contributed by atoms with Gasteiger partial charge in [-0.15, -0.1) is 0 Å². The lowest BCUT2D eigenvalue weighted by molar-refractivity contribution is 0.0885. The molecule has 0 spiro atoms. The highest BCUT2D eigenvalue weighted by atomic mass is 19.3. The highest BCUT2D eigenvalue weighted by Crippen LogP contribution is 2.23. The number of halogens is 2. The van der Waals surface area contributed by atoms with Gasteiger partial charge in [0.25, 0.3) is 6.71 Å². The Hall–Kier alpha value is -1.03. The summed E-state index contributed by atoms with van der Waals surface area (Å²) in [4.78, 5) is 0. The fraction of sp³-hybridized carbons (Fsp3) is 0.571. The molecule has 0 saturated carbocycles. The fourth-order valence-electron chi connectivity index (χ4n) is 1.01. The van der Waals surface area contributed by atoms with Crippen LogP contribution in [0.1, 0.15) is 6.42 Å².